The van der Waals surface area contributed by atoms with Crippen LogP contribution in [0.15, 0.2) is 84.9 Å². The summed E-state index contributed by atoms with van der Waals surface area (Å²) in [7, 11) is 0. The number of Topliss-reactive ketones (excluding diaryl/α,β-unsaturated/α-hetero) is 1. The fraction of sp³-hybridized carbons (Fsp3) is 0.0952. The molecule has 2 nitrogen and oxygen atoms in total. The molecule has 0 aromatic heterocycles. The third kappa shape index (κ3) is 3.67. The Morgan fingerprint density at radius 3 is 2.13 bits per heavy atom. The van der Waals surface area contributed by atoms with E-state index in [1.807, 2.05) is 91.9 Å². The standard InChI is InChI=1S/C21H19NO/c1-16-9-8-14-19(15-16)22-20(17-10-4-2-5-11-17)21(23)18-12-6-3-7-13-18/h2-15,20,22H,1H3/t20-/m0/s1. The highest BCUT2D eigenvalue weighted by Crippen LogP contribution is 2.24. The summed E-state index contributed by atoms with van der Waals surface area (Å²) in [6.07, 6.45) is 0. The normalized spacial score (nSPS) is 11.7. The summed E-state index contributed by atoms with van der Waals surface area (Å²) in [5.41, 5.74) is 3.78. The Hall–Kier alpha value is -2.87. The molecule has 1 N–H and O–H groups in total. The summed E-state index contributed by atoms with van der Waals surface area (Å²) in [4.78, 5) is 13.0. The molecule has 3 rings (SSSR count). The van der Waals surface area contributed by atoms with E-state index in [1.165, 1.54) is 0 Å². The third-order valence-corrected chi connectivity index (χ3v) is 3.78. The predicted molar refractivity (Wildman–Crippen MR) is 94.8 cm³/mol. The molecule has 0 bridgehead atoms. The smallest absolute Gasteiger partial charge is 0.189 e. The molecule has 114 valence electrons. The summed E-state index contributed by atoms with van der Waals surface area (Å²) < 4.78 is 0. The monoisotopic (exact) mass is 301 g/mol. The lowest BCUT2D eigenvalue weighted by Crippen LogP contribution is -2.21. The number of anilines is 1. The number of rotatable bonds is 5. The Kier molecular flexibility index (Phi) is 4.53. The van der Waals surface area contributed by atoms with E-state index in [2.05, 4.69) is 5.32 Å². The van der Waals surface area contributed by atoms with Crippen LogP contribution in [0, 0.1) is 6.92 Å². The number of hydrogen-bond donors (Lipinski definition) is 1. The van der Waals surface area contributed by atoms with Crippen LogP contribution in [0.25, 0.3) is 0 Å². The maximum Gasteiger partial charge on any atom is 0.189 e. The van der Waals surface area contributed by atoms with Gasteiger partial charge in [0.05, 0.1) is 0 Å². The van der Waals surface area contributed by atoms with Gasteiger partial charge in [-0.05, 0) is 30.2 Å². The molecule has 0 unspecified atom stereocenters. The van der Waals surface area contributed by atoms with Gasteiger partial charge in [0.15, 0.2) is 5.78 Å². The van der Waals surface area contributed by atoms with Crippen LogP contribution in [-0.4, -0.2) is 5.78 Å². The zero-order valence-electron chi connectivity index (χ0n) is 13.1. The van der Waals surface area contributed by atoms with Crippen LogP contribution in [0.2, 0.25) is 0 Å². The zero-order valence-corrected chi connectivity index (χ0v) is 13.1. The summed E-state index contributed by atoms with van der Waals surface area (Å²) in [5, 5.41) is 3.38. The fourth-order valence-electron chi connectivity index (χ4n) is 2.62. The van der Waals surface area contributed by atoms with Crippen molar-refractivity contribution in [3.8, 4) is 0 Å². The lowest BCUT2D eigenvalue weighted by atomic mass is 9.97. The van der Waals surface area contributed by atoms with Crippen LogP contribution in [0.1, 0.15) is 27.5 Å². The molecule has 0 aliphatic carbocycles. The van der Waals surface area contributed by atoms with E-state index in [-0.39, 0.29) is 5.78 Å². The number of aryl methyl sites for hydroxylation is 1. The molecule has 0 aliphatic heterocycles. The van der Waals surface area contributed by atoms with Gasteiger partial charge in [0.1, 0.15) is 6.04 Å². The topological polar surface area (TPSA) is 29.1 Å². The van der Waals surface area contributed by atoms with Crippen molar-refractivity contribution in [3.05, 3.63) is 102 Å². The number of carbonyl (C=O) groups excluding carboxylic acids is 1. The van der Waals surface area contributed by atoms with Crippen LogP contribution >= 0.6 is 0 Å². The summed E-state index contributed by atoms with van der Waals surface area (Å²) in [6.45, 7) is 2.04. The zero-order chi connectivity index (χ0) is 16.1. The van der Waals surface area contributed by atoms with Crippen molar-refractivity contribution in [2.45, 2.75) is 13.0 Å². The second-order valence-electron chi connectivity index (χ2n) is 5.59. The van der Waals surface area contributed by atoms with Gasteiger partial charge in [0.2, 0.25) is 0 Å². The van der Waals surface area contributed by atoms with Gasteiger partial charge in [-0.1, -0.05) is 72.8 Å². The van der Waals surface area contributed by atoms with Gasteiger partial charge < -0.3 is 5.32 Å². The van der Waals surface area contributed by atoms with Gasteiger partial charge in [0, 0.05) is 11.3 Å². The Balaban J connectivity index is 1.96. The lowest BCUT2D eigenvalue weighted by molar-refractivity contribution is 0.0969. The second-order valence-corrected chi connectivity index (χ2v) is 5.59. The summed E-state index contributed by atoms with van der Waals surface area (Å²) in [5.74, 6) is 0.0679. The van der Waals surface area contributed by atoms with E-state index >= 15 is 0 Å². The first-order chi connectivity index (χ1) is 11.2. The second kappa shape index (κ2) is 6.93. The van der Waals surface area contributed by atoms with Gasteiger partial charge in [0.25, 0.3) is 0 Å². The first-order valence-electron chi connectivity index (χ1n) is 7.71. The molecule has 0 spiro atoms. The van der Waals surface area contributed by atoms with Gasteiger partial charge in [-0.3, -0.25) is 4.79 Å². The minimum atomic E-state index is -0.402. The Bertz CT molecular complexity index is 781. The average Bonchev–Trinajstić information content (AvgIpc) is 2.61. The van der Waals surface area contributed by atoms with Crippen molar-refractivity contribution in [3.63, 3.8) is 0 Å². The van der Waals surface area contributed by atoms with Crippen molar-refractivity contribution in [1.29, 1.82) is 0 Å². The minimum Gasteiger partial charge on any atom is -0.371 e. The predicted octanol–water partition coefficient (Wildman–Crippen LogP) is 5.03. The van der Waals surface area contributed by atoms with Gasteiger partial charge in [-0.2, -0.15) is 0 Å². The Morgan fingerprint density at radius 1 is 0.826 bits per heavy atom. The quantitative estimate of drug-likeness (QED) is 0.670. The third-order valence-electron chi connectivity index (χ3n) is 3.78. The van der Waals surface area contributed by atoms with Gasteiger partial charge >= 0.3 is 0 Å². The number of benzene rings is 3. The van der Waals surface area contributed by atoms with Crippen LogP contribution in [0.3, 0.4) is 0 Å². The highest BCUT2D eigenvalue weighted by molar-refractivity contribution is 6.02. The minimum absolute atomic E-state index is 0.0679. The molecule has 0 radical (unpaired) electrons. The maximum atomic E-state index is 13.0. The molecule has 0 saturated carbocycles. The lowest BCUT2D eigenvalue weighted by Gasteiger charge is -2.20. The molecular formula is C21H19NO. The summed E-state index contributed by atoms with van der Waals surface area (Å²) >= 11 is 0. The highest BCUT2D eigenvalue weighted by atomic mass is 16.1. The Labute approximate surface area is 136 Å². The molecule has 0 aliphatic rings. The first kappa shape index (κ1) is 15.0. The van der Waals surface area contributed by atoms with Crippen LogP contribution in [0.4, 0.5) is 5.69 Å². The van der Waals surface area contributed by atoms with Crippen molar-refractivity contribution in [1.82, 2.24) is 0 Å². The van der Waals surface area contributed by atoms with Crippen molar-refractivity contribution >= 4 is 11.5 Å². The molecule has 0 saturated heterocycles. The molecule has 2 heteroatoms. The molecule has 0 fully saturated rings. The number of hydrogen-bond acceptors (Lipinski definition) is 2. The number of ketones is 1. The van der Waals surface area contributed by atoms with Crippen LogP contribution < -0.4 is 5.32 Å². The molecule has 23 heavy (non-hydrogen) atoms. The van der Waals surface area contributed by atoms with Gasteiger partial charge in [-0.25, -0.2) is 0 Å². The maximum absolute atomic E-state index is 13.0. The van der Waals surface area contributed by atoms with Crippen molar-refractivity contribution in [2.75, 3.05) is 5.32 Å². The van der Waals surface area contributed by atoms with E-state index in [4.69, 9.17) is 0 Å². The highest BCUT2D eigenvalue weighted by Gasteiger charge is 2.21. The number of nitrogens with one attached hydrogen (secondary N) is 1. The fourth-order valence-corrected chi connectivity index (χ4v) is 2.62. The molecule has 0 heterocycles. The van der Waals surface area contributed by atoms with Gasteiger partial charge in [-0.15, -0.1) is 0 Å². The molecular weight excluding hydrogens is 282 g/mol. The molecule has 3 aromatic rings. The van der Waals surface area contributed by atoms with Crippen LogP contribution in [0.5, 0.6) is 0 Å². The van der Waals surface area contributed by atoms with Crippen molar-refractivity contribution < 1.29 is 4.79 Å². The van der Waals surface area contributed by atoms with E-state index < -0.39 is 6.04 Å². The van der Waals surface area contributed by atoms with E-state index in [1.54, 1.807) is 0 Å². The molecule has 1 atom stereocenters. The molecule has 0 amide bonds. The van der Waals surface area contributed by atoms with E-state index in [0.29, 0.717) is 5.56 Å². The summed E-state index contributed by atoms with van der Waals surface area (Å²) in [6, 6.07) is 26.9. The average molecular weight is 301 g/mol. The van der Waals surface area contributed by atoms with Crippen LogP contribution in [-0.2, 0) is 0 Å². The van der Waals surface area contributed by atoms with Crippen molar-refractivity contribution in [2.24, 2.45) is 0 Å². The largest absolute Gasteiger partial charge is 0.371 e. The first-order valence-corrected chi connectivity index (χ1v) is 7.71. The molecule has 3 aromatic carbocycles. The number of carbonyl (C=O) groups is 1. The van der Waals surface area contributed by atoms with E-state index in [9.17, 15) is 4.79 Å². The SMILES string of the molecule is Cc1cccc(N[C@H](C(=O)c2ccccc2)c2ccccc2)c1. The Morgan fingerprint density at radius 2 is 1.48 bits per heavy atom. The van der Waals surface area contributed by atoms with E-state index in [0.717, 1.165) is 16.8 Å².